The van der Waals surface area contributed by atoms with Crippen LogP contribution in [0.4, 0.5) is 11.6 Å². The van der Waals surface area contributed by atoms with E-state index in [9.17, 15) is 18.0 Å². The summed E-state index contributed by atoms with van der Waals surface area (Å²) in [6, 6.07) is 12.1. The number of anilines is 2. The summed E-state index contributed by atoms with van der Waals surface area (Å²) in [4.78, 5) is 42.1. The number of nitriles is 1. The van der Waals surface area contributed by atoms with Crippen molar-refractivity contribution in [1.82, 2.24) is 24.2 Å². The largest absolute Gasteiger partial charge is 0.377 e. The number of carbonyl (C=O) groups is 1. The average Bonchev–Trinajstić information content (AvgIpc) is 3.47. The van der Waals surface area contributed by atoms with Crippen LogP contribution in [0.25, 0.3) is 10.9 Å². The molecule has 0 bridgehead atoms. The average molecular weight is 633 g/mol. The van der Waals surface area contributed by atoms with E-state index in [1.807, 2.05) is 36.8 Å². The molecular weight excluding hydrogens is 604 g/mol. The fraction of sp³-hybridized carbons (Fsp3) is 0.333. The maximum atomic E-state index is 13.6. The number of sulfonamides is 1. The van der Waals surface area contributed by atoms with Crippen LogP contribution in [-0.2, 0) is 17.1 Å². The molecule has 1 unspecified atom stereocenters. The highest BCUT2D eigenvalue weighted by atomic mass is 35.5. The van der Waals surface area contributed by atoms with Crippen molar-refractivity contribution in [3.8, 4) is 6.07 Å². The van der Waals surface area contributed by atoms with Gasteiger partial charge in [0, 0.05) is 43.5 Å². The van der Waals surface area contributed by atoms with Crippen LogP contribution in [0, 0.1) is 30.1 Å². The lowest BCUT2D eigenvalue weighted by Gasteiger charge is -2.25. The number of carbonyl (C=O) groups excluding carboxylic acids is 1. The molecule has 226 valence electrons. The quantitative estimate of drug-likeness (QED) is 0.289. The molecule has 4 heterocycles. The number of amides is 1. The van der Waals surface area contributed by atoms with E-state index in [1.54, 1.807) is 29.9 Å². The van der Waals surface area contributed by atoms with Gasteiger partial charge in [-0.15, -0.1) is 0 Å². The molecule has 1 aliphatic carbocycles. The van der Waals surface area contributed by atoms with E-state index in [1.165, 1.54) is 6.07 Å². The van der Waals surface area contributed by atoms with E-state index in [-0.39, 0.29) is 22.1 Å². The van der Waals surface area contributed by atoms with E-state index in [2.05, 4.69) is 26.3 Å². The van der Waals surface area contributed by atoms with E-state index < -0.39 is 22.0 Å². The van der Waals surface area contributed by atoms with Gasteiger partial charge in [-0.2, -0.15) is 5.26 Å². The Morgan fingerprint density at radius 1 is 1.16 bits per heavy atom. The summed E-state index contributed by atoms with van der Waals surface area (Å²) in [5.74, 6) is 0.737. The molecule has 2 fully saturated rings. The number of nitrogens with one attached hydrogen (secondary N) is 2. The molecule has 14 heteroatoms. The van der Waals surface area contributed by atoms with E-state index in [0.717, 1.165) is 36.2 Å². The molecule has 4 aromatic rings. The molecule has 12 nitrogen and oxygen atoms in total. The minimum Gasteiger partial charge on any atom is -0.377 e. The number of halogens is 1. The fourth-order valence-electron chi connectivity index (χ4n) is 6.20. The zero-order chi connectivity index (χ0) is 31.5. The summed E-state index contributed by atoms with van der Waals surface area (Å²) in [5.41, 5.74) is 3.55. The lowest BCUT2D eigenvalue weighted by molar-refractivity contribution is 0.0977. The van der Waals surface area contributed by atoms with Gasteiger partial charge in [-0.05, 0) is 61.6 Å². The van der Waals surface area contributed by atoms with Crippen LogP contribution in [0.15, 0.2) is 47.4 Å². The molecule has 1 aromatic carbocycles. The number of nitrogens with zero attached hydrogens (tertiary/aromatic N) is 6. The van der Waals surface area contributed by atoms with Crippen LogP contribution < -0.4 is 20.5 Å². The van der Waals surface area contributed by atoms with Crippen molar-refractivity contribution < 1.29 is 13.2 Å². The molecule has 4 atom stereocenters. The SMILES string of the molecule is Cc1cc([C@@H](C)Nc2ccc(Cl)nc2C(=O)NS(C)(=O)=O)c2nc(N3C[C@@H]4C(c5ccc(C#N)cn5)[C@@H]4C3)n(C)c(=O)c2c1. The van der Waals surface area contributed by atoms with Gasteiger partial charge in [0.05, 0.1) is 34.5 Å². The highest BCUT2D eigenvalue weighted by Crippen LogP contribution is 2.58. The lowest BCUT2D eigenvalue weighted by atomic mass is 10.0. The van der Waals surface area contributed by atoms with E-state index in [0.29, 0.717) is 40.2 Å². The zero-order valence-electron chi connectivity index (χ0n) is 24.4. The van der Waals surface area contributed by atoms with Gasteiger partial charge in [-0.1, -0.05) is 17.7 Å². The first kappa shape index (κ1) is 29.5. The molecule has 1 saturated carbocycles. The fourth-order valence-corrected chi connectivity index (χ4v) is 6.78. The maximum absolute atomic E-state index is 13.6. The first-order valence-electron chi connectivity index (χ1n) is 13.9. The Kier molecular flexibility index (Phi) is 7.30. The van der Waals surface area contributed by atoms with Gasteiger partial charge in [-0.3, -0.25) is 19.1 Å². The van der Waals surface area contributed by atoms with Gasteiger partial charge in [0.2, 0.25) is 16.0 Å². The molecular formula is C30H29ClN8O4S. The number of hydrogen-bond donors (Lipinski definition) is 2. The minimum absolute atomic E-state index is 0.0264. The van der Waals surface area contributed by atoms with E-state index >= 15 is 0 Å². The molecule has 1 aliphatic heterocycles. The lowest BCUT2D eigenvalue weighted by Crippen LogP contribution is -2.32. The van der Waals surface area contributed by atoms with Gasteiger partial charge in [0.25, 0.3) is 11.5 Å². The van der Waals surface area contributed by atoms with Crippen LogP contribution >= 0.6 is 11.6 Å². The number of pyridine rings is 2. The van der Waals surface area contributed by atoms with Gasteiger partial charge >= 0.3 is 0 Å². The second-order valence-corrected chi connectivity index (χ2v) is 13.6. The number of piperidine rings is 1. The van der Waals surface area contributed by atoms with Gasteiger partial charge in [0.15, 0.2) is 5.69 Å². The highest BCUT2D eigenvalue weighted by molar-refractivity contribution is 7.89. The minimum atomic E-state index is -3.84. The summed E-state index contributed by atoms with van der Waals surface area (Å²) in [5, 5.41) is 12.8. The Morgan fingerprint density at radius 3 is 2.52 bits per heavy atom. The number of aromatic nitrogens is 4. The number of hydrogen-bond acceptors (Lipinski definition) is 10. The number of fused-ring (bicyclic) bond motifs is 2. The highest BCUT2D eigenvalue weighted by Gasteiger charge is 2.57. The second-order valence-electron chi connectivity index (χ2n) is 11.5. The number of benzene rings is 1. The third-order valence-electron chi connectivity index (χ3n) is 8.26. The van der Waals surface area contributed by atoms with Gasteiger partial charge in [0.1, 0.15) is 11.2 Å². The zero-order valence-corrected chi connectivity index (χ0v) is 25.9. The van der Waals surface area contributed by atoms with Crippen molar-refractivity contribution >= 4 is 50.1 Å². The summed E-state index contributed by atoms with van der Waals surface area (Å²) in [7, 11) is -2.11. The number of rotatable bonds is 7. The smallest absolute Gasteiger partial charge is 0.285 e. The first-order chi connectivity index (χ1) is 20.8. The Bertz CT molecular complexity index is 2030. The number of aryl methyl sites for hydroxylation is 1. The third-order valence-corrected chi connectivity index (χ3v) is 9.02. The predicted octanol–water partition coefficient (Wildman–Crippen LogP) is 3.27. The van der Waals surface area contributed by atoms with E-state index in [4.69, 9.17) is 21.8 Å². The standard InChI is InChI=1S/C30H29ClN8O4S/c1-15-9-18(16(2)34-23-7-8-24(31)35-27(23)28(40)37-44(4,42)43)26-19(10-15)29(41)38(3)30(36-26)39-13-20-21(14-39)25(20)22-6-5-17(11-32)12-33-22/h5-10,12,16,20-21,25,34H,13-14H2,1-4H3,(H,37,40)/t16-,20-,21+,25?/m1/s1. The Hall–Kier alpha value is -4.54. The molecule has 0 spiro atoms. The summed E-state index contributed by atoms with van der Waals surface area (Å²) >= 11 is 6.03. The second kappa shape index (κ2) is 10.9. The van der Waals surface area contributed by atoms with Crippen LogP contribution in [-0.4, -0.2) is 53.2 Å². The van der Waals surface area contributed by atoms with Gasteiger partial charge < -0.3 is 10.2 Å². The van der Waals surface area contributed by atoms with Crippen molar-refractivity contribution in [2.45, 2.75) is 25.8 Å². The maximum Gasteiger partial charge on any atom is 0.285 e. The molecule has 0 radical (unpaired) electrons. The molecule has 6 rings (SSSR count). The van der Waals surface area contributed by atoms with Crippen molar-refractivity contribution in [2.24, 2.45) is 18.9 Å². The van der Waals surface area contributed by atoms with Crippen molar-refractivity contribution in [1.29, 1.82) is 5.26 Å². The molecule has 3 aromatic heterocycles. The Labute approximate surface area is 258 Å². The summed E-state index contributed by atoms with van der Waals surface area (Å²) < 4.78 is 26.9. The molecule has 44 heavy (non-hydrogen) atoms. The van der Waals surface area contributed by atoms with Gasteiger partial charge in [-0.25, -0.2) is 23.1 Å². The topological polar surface area (TPSA) is 163 Å². The molecule has 2 aliphatic rings. The predicted molar refractivity (Wildman–Crippen MR) is 166 cm³/mol. The van der Waals surface area contributed by atoms with Crippen LogP contribution in [0.3, 0.4) is 0 Å². The molecule has 1 amide bonds. The van der Waals surface area contributed by atoms with Crippen molar-refractivity contribution in [2.75, 3.05) is 29.6 Å². The first-order valence-corrected chi connectivity index (χ1v) is 16.2. The molecule has 2 N–H and O–H groups in total. The monoisotopic (exact) mass is 632 g/mol. The Balaban J connectivity index is 1.31. The summed E-state index contributed by atoms with van der Waals surface area (Å²) in [6.45, 7) is 5.21. The third kappa shape index (κ3) is 5.46. The van der Waals surface area contributed by atoms with Crippen LogP contribution in [0.1, 0.15) is 51.8 Å². The summed E-state index contributed by atoms with van der Waals surface area (Å²) in [6.07, 6.45) is 2.48. The Morgan fingerprint density at radius 2 is 1.89 bits per heavy atom. The van der Waals surface area contributed by atoms with Crippen LogP contribution in [0.2, 0.25) is 5.15 Å². The normalized spacial score (nSPS) is 19.7. The van der Waals surface area contributed by atoms with Crippen molar-refractivity contribution in [3.05, 3.63) is 86.2 Å². The van der Waals surface area contributed by atoms with Crippen molar-refractivity contribution in [3.63, 3.8) is 0 Å². The van der Waals surface area contributed by atoms with Crippen LogP contribution in [0.5, 0.6) is 0 Å². The molecule has 1 saturated heterocycles.